The van der Waals surface area contributed by atoms with E-state index in [9.17, 15) is 9.59 Å². The van der Waals surface area contributed by atoms with Crippen molar-refractivity contribution in [1.29, 1.82) is 0 Å². The molecule has 1 rings (SSSR count). The van der Waals surface area contributed by atoms with Gasteiger partial charge in [-0.15, -0.1) is 0 Å². The van der Waals surface area contributed by atoms with Crippen LogP contribution in [0.5, 0.6) is 0 Å². The van der Waals surface area contributed by atoms with Crippen molar-refractivity contribution >= 4 is 33.4 Å². The van der Waals surface area contributed by atoms with Crippen LogP contribution in [0.2, 0.25) is 0 Å². The van der Waals surface area contributed by atoms with Gasteiger partial charge in [0.2, 0.25) is 5.91 Å². The third-order valence-corrected chi connectivity index (χ3v) is 2.62. The van der Waals surface area contributed by atoms with E-state index in [4.69, 9.17) is 11.5 Å². The monoisotopic (exact) mass is 299 g/mol. The summed E-state index contributed by atoms with van der Waals surface area (Å²) in [6.07, 6.45) is 0.924. The molecule has 0 saturated heterocycles. The summed E-state index contributed by atoms with van der Waals surface area (Å²) in [6.45, 7) is 0.453. The topological polar surface area (TPSA) is 98.2 Å². The Morgan fingerprint density at radius 1 is 1.35 bits per heavy atom. The van der Waals surface area contributed by atoms with Gasteiger partial charge in [-0.2, -0.15) is 0 Å². The van der Waals surface area contributed by atoms with Crippen molar-refractivity contribution in [1.82, 2.24) is 0 Å². The highest BCUT2D eigenvalue weighted by atomic mass is 79.9. The van der Waals surface area contributed by atoms with Gasteiger partial charge >= 0.3 is 0 Å². The zero-order chi connectivity index (χ0) is 12.8. The number of anilines is 1. The highest BCUT2D eigenvalue weighted by Gasteiger charge is 2.11. The Balaban J connectivity index is 2.85. The third-order valence-electron chi connectivity index (χ3n) is 2.13. The molecule has 0 bridgehead atoms. The Morgan fingerprint density at radius 2 is 2.06 bits per heavy atom. The molecule has 0 saturated carbocycles. The molecule has 0 aromatic heterocycles. The number of carbonyl (C=O) groups is 2. The van der Waals surface area contributed by atoms with Gasteiger partial charge < -0.3 is 16.8 Å². The van der Waals surface area contributed by atoms with Crippen molar-refractivity contribution in [2.24, 2.45) is 11.5 Å². The molecule has 92 valence electrons. The predicted molar refractivity (Wildman–Crippen MR) is 69.6 cm³/mol. The average Bonchev–Trinajstić information content (AvgIpc) is 2.26. The Kier molecular flexibility index (Phi) is 5.11. The maximum atomic E-state index is 11.5. The summed E-state index contributed by atoms with van der Waals surface area (Å²) in [5.41, 5.74) is 11.2. The number of rotatable bonds is 5. The van der Waals surface area contributed by atoms with Crippen molar-refractivity contribution in [3.05, 3.63) is 28.2 Å². The van der Waals surface area contributed by atoms with Crippen LogP contribution < -0.4 is 16.8 Å². The molecule has 2 amide bonds. The van der Waals surface area contributed by atoms with E-state index in [1.165, 1.54) is 0 Å². The predicted octanol–water partition coefficient (Wildman–Crippen LogP) is 1.23. The van der Waals surface area contributed by atoms with Crippen LogP contribution >= 0.6 is 15.9 Å². The van der Waals surface area contributed by atoms with E-state index >= 15 is 0 Å². The first-order valence-corrected chi connectivity index (χ1v) is 5.93. The van der Waals surface area contributed by atoms with Crippen LogP contribution in [0.4, 0.5) is 5.69 Å². The number of halogens is 1. The van der Waals surface area contributed by atoms with Crippen LogP contribution in [0.15, 0.2) is 22.7 Å². The number of nitrogens with two attached hydrogens (primary N) is 2. The van der Waals surface area contributed by atoms with E-state index in [0.717, 1.165) is 4.47 Å². The lowest BCUT2D eigenvalue weighted by atomic mass is 10.1. The van der Waals surface area contributed by atoms with Gasteiger partial charge in [-0.1, -0.05) is 15.9 Å². The first kappa shape index (κ1) is 13.7. The molecule has 17 heavy (non-hydrogen) atoms. The maximum absolute atomic E-state index is 11.5. The van der Waals surface area contributed by atoms with Gasteiger partial charge in [-0.25, -0.2) is 0 Å². The van der Waals surface area contributed by atoms with Crippen molar-refractivity contribution < 1.29 is 9.59 Å². The molecule has 0 atom stereocenters. The molecule has 0 aliphatic carbocycles. The van der Waals surface area contributed by atoms with E-state index in [1.807, 2.05) is 0 Å². The minimum atomic E-state index is -0.577. The van der Waals surface area contributed by atoms with Gasteiger partial charge in [-0.05, 0) is 31.2 Å². The van der Waals surface area contributed by atoms with E-state index in [2.05, 4.69) is 21.2 Å². The second-order valence-electron chi connectivity index (χ2n) is 3.49. The quantitative estimate of drug-likeness (QED) is 0.762. The van der Waals surface area contributed by atoms with Crippen molar-refractivity contribution in [2.75, 3.05) is 11.9 Å². The molecule has 0 aliphatic rings. The highest BCUT2D eigenvalue weighted by molar-refractivity contribution is 9.10. The zero-order valence-corrected chi connectivity index (χ0v) is 10.8. The van der Waals surface area contributed by atoms with E-state index in [1.54, 1.807) is 18.2 Å². The van der Waals surface area contributed by atoms with Crippen molar-refractivity contribution in [3.8, 4) is 0 Å². The van der Waals surface area contributed by atoms with Gasteiger partial charge in [0, 0.05) is 10.9 Å². The van der Waals surface area contributed by atoms with Crippen LogP contribution in [0, 0.1) is 0 Å². The van der Waals surface area contributed by atoms with Gasteiger partial charge in [0.05, 0.1) is 11.3 Å². The van der Waals surface area contributed by atoms with Gasteiger partial charge in [-0.3, -0.25) is 9.59 Å². The first-order chi connectivity index (χ1) is 8.04. The molecular weight excluding hydrogens is 286 g/mol. The zero-order valence-electron chi connectivity index (χ0n) is 9.20. The largest absolute Gasteiger partial charge is 0.366 e. The molecule has 5 N–H and O–H groups in total. The summed E-state index contributed by atoms with van der Waals surface area (Å²) in [6, 6.07) is 4.89. The summed E-state index contributed by atoms with van der Waals surface area (Å²) in [5.74, 6) is -0.761. The Bertz CT molecular complexity index is 435. The van der Waals surface area contributed by atoms with E-state index in [0.29, 0.717) is 25.1 Å². The smallest absolute Gasteiger partial charge is 0.250 e. The molecular formula is C11H14BrN3O2. The molecule has 0 fully saturated rings. The second-order valence-corrected chi connectivity index (χ2v) is 4.41. The summed E-state index contributed by atoms with van der Waals surface area (Å²) >= 11 is 3.26. The van der Waals surface area contributed by atoms with Crippen LogP contribution in [0.1, 0.15) is 23.2 Å². The maximum Gasteiger partial charge on any atom is 0.250 e. The van der Waals surface area contributed by atoms with Crippen LogP contribution in [0.3, 0.4) is 0 Å². The molecule has 1 aromatic rings. The number of amides is 2. The molecule has 0 aliphatic heterocycles. The normalized spacial score (nSPS) is 10.0. The van der Waals surface area contributed by atoms with Gasteiger partial charge in [0.1, 0.15) is 0 Å². The number of primary amides is 1. The number of hydrogen-bond acceptors (Lipinski definition) is 3. The number of hydrogen-bond donors (Lipinski definition) is 3. The molecule has 1 aromatic carbocycles. The Labute approximate surface area is 108 Å². The molecule has 6 heteroatoms. The van der Waals surface area contributed by atoms with Gasteiger partial charge in [0.25, 0.3) is 5.91 Å². The van der Waals surface area contributed by atoms with Crippen molar-refractivity contribution in [3.63, 3.8) is 0 Å². The number of benzene rings is 1. The summed E-state index contributed by atoms with van der Waals surface area (Å²) in [7, 11) is 0. The first-order valence-electron chi connectivity index (χ1n) is 5.14. The lowest BCUT2D eigenvalue weighted by Crippen LogP contribution is -2.18. The third kappa shape index (κ3) is 4.16. The standard InChI is InChI=1S/C11H14BrN3O2/c12-7-3-4-8(11(14)17)9(6-7)15-10(16)2-1-5-13/h3-4,6H,1-2,5,13H2,(H2,14,17)(H,15,16). The van der Waals surface area contributed by atoms with Crippen LogP contribution in [-0.2, 0) is 4.79 Å². The van der Waals surface area contributed by atoms with Crippen LogP contribution in [-0.4, -0.2) is 18.4 Å². The lowest BCUT2D eigenvalue weighted by molar-refractivity contribution is -0.116. The average molecular weight is 300 g/mol. The summed E-state index contributed by atoms with van der Waals surface area (Å²) in [5, 5.41) is 2.64. The lowest BCUT2D eigenvalue weighted by Gasteiger charge is -2.09. The fourth-order valence-electron chi connectivity index (χ4n) is 1.31. The van der Waals surface area contributed by atoms with E-state index in [-0.39, 0.29) is 11.5 Å². The highest BCUT2D eigenvalue weighted by Crippen LogP contribution is 2.21. The molecule has 5 nitrogen and oxygen atoms in total. The summed E-state index contributed by atoms with van der Waals surface area (Å²) < 4.78 is 0.761. The summed E-state index contributed by atoms with van der Waals surface area (Å²) in [4.78, 5) is 22.7. The Morgan fingerprint density at radius 3 is 2.65 bits per heavy atom. The van der Waals surface area contributed by atoms with Gasteiger partial charge in [0.15, 0.2) is 0 Å². The van der Waals surface area contributed by atoms with Crippen LogP contribution in [0.25, 0.3) is 0 Å². The fourth-order valence-corrected chi connectivity index (χ4v) is 1.67. The minimum Gasteiger partial charge on any atom is -0.366 e. The number of carbonyl (C=O) groups excluding carboxylic acids is 2. The van der Waals surface area contributed by atoms with E-state index < -0.39 is 5.91 Å². The molecule has 0 radical (unpaired) electrons. The Hall–Kier alpha value is -1.40. The molecule has 0 unspecified atom stereocenters. The molecule has 0 spiro atoms. The van der Waals surface area contributed by atoms with Crippen molar-refractivity contribution in [2.45, 2.75) is 12.8 Å². The minimum absolute atomic E-state index is 0.184. The SMILES string of the molecule is NCCCC(=O)Nc1cc(Br)ccc1C(N)=O. The number of nitrogens with one attached hydrogen (secondary N) is 1. The molecule has 0 heterocycles. The fraction of sp³-hybridized carbons (Fsp3) is 0.273. The second kappa shape index (κ2) is 6.36.